The summed E-state index contributed by atoms with van der Waals surface area (Å²) >= 11 is 0. The molecule has 4 heterocycles. The van der Waals surface area contributed by atoms with Gasteiger partial charge in [0.2, 0.25) is 5.91 Å². The number of ether oxygens (including phenoxy) is 3. The summed E-state index contributed by atoms with van der Waals surface area (Å²) in [5.41, 5.74) is 1.28. The maximum atomic E-state index is 13.6. The number of fused-ring (bicyclic) bond motifs is 7. The topological polar surface area (TPSA) is 118 Å². The molecular weight excluding hydrogens is 512 g/mol. The number of carbonyl (C=O) groups excluding carboxylic acids is 3. The average molecular weight is 549 g/mol. The minimum atomic E-state index is -0.416. The van der Waals surface area contributed by atoms with Crippen molar-refractivity contribution in [2.24, 2.45) is 11.8 Å². The predicted octanol–water partition coefficient (Wildman–Crippen LogP) is 1.87. The van der Waals surface area contributed by atoms with Crippen LogP contribution < -0.4 is 30.2 Å². The molecule has 0 aromatic heterocycles. The van der Waals surface area contributed by atoms with Gasteiger partial charge in [-0.15, -0.1) is 0 Å². The summed E-state index contributed by atoms with van der Waals surface area (Å²) in [5, 5.41) is 9.28. The molecule has 1 aliphatic carbocycles. The van der Waals surface area contributed by atoms with Gasteiger partial charge < -0.3 is 35.1 Å². The van der Waals surface area contributed by atoms with Crippen LogP contribution >= 0.6 is 0 Å². The number of hydrogen-bond donors (Lipinski definition) is 3. The molecule has 0 spiro atoms. The lowest BCUT2D eigenvalue weighted by atomic mass is 9.97. The van der Waals surface area contributed by atoms with Gasteiger partial charge in [0.1, 0.15) is 23.4 Å². The predicted molar refractivity (Wildman–Crippen MR) is 146 cm³/mol. The van der Waals surface area contributed by atoms with Crippen LogP contribution in [0.2, 0.25) is 0 Å². The van der Waals surface area contributed by atoms with E-state index in [4.69, 9.17) is 14.2 Å². The lowest BCUT2D eigenvalue weighted by Crippen LogP contribution is -2.45. The van der Waals surface area contributed by atoms with Crippen molar-refractivity contribution in [1.82, 2.24) is 20.9 Å². The number of amides is 3. The molecule has 1 saturated carbocycles. The zero-order valence-corrected chi connectivity index (χ0v) is 22.5. The molecule has 10 heteroatoms. The first kappa shape index (κ1) is 26.4. The summed E-state index contributed by atoms with van der Waals surface area (Å²) in [4.78, 5) is 41.2. The number of benzene rings is 2. The smallest absolute Gasteiger partial charge is 0.258 e. The Morgan fingerprint density at radius 2 is 1.77 bits per heavy atom. The summed E-state index contributed by atoms with van der Waals surface area (Å²) in [6, 6.07) is 12.1. The first-order valence-electron chi connectivity index (χ1n) is 14.2. The van der Waals surface area contributed by atoms with Crippen LogP contribution in [0.4, 0.5) is 0 Å². The van der Waals surface area contributed by atoms with Gasteiger partial charge in [-0.05, 0) is 74.5 Å². The summed E-state index contributed by atoms with van der Waals surface area (Å²) in [6.45, 7) is 3.17. The summed E-state index contributed by atoms with van der Waals surface area (Å²) in [6.07, 6.45) is 3.49. The molecule has 0 radical (unpaired) electrons. The molecule has 212 valence electrons. The second-order valence-corrected chi connectivity index (χ2v) is 11.2. The zero-order chi connectivity index (χ0) is 27.5. The van der Waals surface area contributed by atoms with Crippen LogP contribution in [0.3, 0.4) is 0 Å². The molecule has 10 nitrogen and oxygen atoms in total. The Balaban J connectivity index is 1.26. The average Bonchev–Trinajstić information content (AvgIpc) is 3.74. The van der Waals surface area contributed by atoms with Crippen molar-refractivity contribution in [3.8, 4) is 17.2 Å². The van der Waals surface area contributed by atoms with Crippen molar-refractivity contribution in [3.05, 3.63) is 53.6 Å². The lowest BCUT2D eigenvalue weighted by molar-refractivity contribution is -0.135. The molecule has 3 N–H and O–H groups in total. The summed E-state index contributed by atoms with van der Waals surface area (Å²) in [7, 11) is 0. The van der Waals surface area contributed by atoms with E-state index in [9.17, 15) is 14.4 Å². The summed E-state index contributed by atoms with van der Waals surface area (Å²) in [5.74, 6) is 1.59. The number of carbonyl (C=O) groups is 3. The molecule has 3 fully saturated rings. The van der Waals surface area contributed by atoms with E-state index in [2.05, 4.69) is 16.0 Å². The second-order valence-electron chi connectivity index (χ2n) is 11.2. The van der Waals surface area contributed by atoms with E-state index < -0.39 is 12.1 Å². The third-order valence-electron chi connectivity index (χ3n) is 7.98. The van der Waals surface area contributed by atoms with E-state index in [1.807, 2.05) is 29.2 Å². The molecule has 2 aromatic rings. The van der Waals surface area contributed by atoms with Gasteiger partial charge in [-0.3, -0.25) is 14.4 Å². The van der Waals surface area contributed by atoms with Gasteiger partial charge in [-0.25, -0.2) is 0 Å². The van der Waals surface area contributed by atoms with Crippen molar-refractivity contribution in [2.45, 2.75) is 44.4 Å². The van der Waals surface area contributed by atoms with Crippen LogP contribution in [0.5, 0.6) is 17.2 Å². The van der Waals surface area contributed by atoms with Crippen LogP contribution in [0, 0.1) is 11.8 Å². The minimum Gasteiger partial charge on any atom is -0.493 e. The van der Waals surface area contributed by atoms with E-state index in [0.717, 1.165) is 44.3 Å². The van der Waals surface area contributed by atoms with Crippen molar-refractivity contribution in [3.63, 3.8) is 0 Å². The number of hydrogen-bond acceptors (Lipinski definition) is 7. The third kappa shape index (κ3) is 6.50. The van der Waals surface area contributed by atoms with Crippen molar-refractivity contribution < 1.29 is 28.6 Å². The normalized spacial score (nSPS) is 23.8. The van der Waals surface area contributed by atoms with Crippen LogP contribution in [-0.2, 0) is 16.1 Å². The Hall–Kier alpha value is -3.79. The molecule has 2 atom stereocenters. The first-order valence-corrected chi connectivity index (χ1v) is 14.2. The first-order chi connectivity index (χ1) is 19.5. The Kier molecular flexibility index (Phi) is 7.77. The molecule has 40 heavy (non-hydrogen) atoms. The van der Waals surface area contributed by atoms with E-state index >= 15 is 0 Å². The maximum absolute atomic E-state index is 13.6. The SMILES string of the molecule is O=C1COc2cc(OCC3CC3)cc(c2)C(=O)N[C@H]2CN(C(=O)C3CCNCC3)C[C@@H]2Oc2ccc(cc2)CN1. The van der Waals surface area contributed by atoms with Gasteiger partial charge in [0, 0.05) is 30.6 Å². The Morgan fingerprint density at radius 3 is 2.55 bits per heavy atom. The van der Waals surface area contributed by atoms with Crippen LogP contribution in [-0.4, -0.2) is 74.2 Å². The van der Waals surface area contributed by atoms with Crippen molar-refractivity contribution >= 4 is 17.7 Å². The number of nitrogens with one attached hydrogen (secondary N) is 3. The van der Waals surface area contributed by atoms with Gasteiger partial charge in [0.15, 0.2) is 6.61 Å². The Bertz CT molecular complexity index is 1240. The van der Waals surface area contributed by atoms with Crippen LogP contribution in [0.15, 0.2) is 42.5 Å². The minimum absolute atomic E-state index is 0.0172. The molecular formula is C30H36N4O6. The van der Waals surface area contributed by atoms with Crippen molar-refractivity contribution in [2.75, 3.05) is 39.4 Å². The van der Waals surface area contributed by atoms with E-state index in [0.29, 0.717) is 55.0 Å². The quantitative estimate of drug-likeness (QED) is 0.534. The number of likely N-dealkylation sites (tertiary alicyclic amines) is 1. The highest BCUT2D eigenvalue weighted by atomic mass is 16.5. The molecule has 0 unspecified atom stereocenters. The van der Waals surface area contributed by atoms with Gasteiger partial charge in [0.25, 0.3) is 11.8 Å². The largest absolute Gasteiger partial charge is 0.493 e. The molecule has 4 aliphatic heterocycles. The summed E-state index contributed by atoms with van der Waals surface area (Å²) < 4.78 is 18.1. The van der Waals surface area contributed by atoms with Gasteiger partial charge in [-0.1, -0.05) is 12.1 Å². The molecule has 5 aliphatic rings. The second kappa shape index (κ2) is 11.8. The molecule has 4 bridgehead atoms. The highest BCUT2D eigenvalue weighted by molar-refractivity contribution is 5.95. The fraction of sp³-hybridized carbons (Fsp3) is 0.500. The Labute approximate surface area is 233 Å². The van der Waals surface area contributed by atoms with Crippen LogP contribution in [0.25, 0.3) is 0 Å². The molecule has 2 aromatic carbocycles. The van der Waals surface area contributed by atoms with E-state index in [1.165, 1.54) is 0 Å². The molecule has 7 rings (SSSR count). The zero-order valence-electron chi connectivity index (χ0n) is 22.5. The van der Waals surface area contributed by atoms with Crippen molar-refractivity contribution in [1.29, 1.82) is 0 Å². The number of piperidine rings is 1. The highest BCUT2D eigenvalue weighted by Crippen LogP contribution is 2.31. The van der Waals surface area contributed by atoms with E-state index in [1.54, 1.807) is 18.2 Å². The standard InChI is InChI=1S/C30H36N4O6/c35-28-18-39-25-12-22(11-24(13-25)38-17-20-1-2-20)29(36)33-26-15-34(30(37)21-7-9-31-10-8-21)16-27(26)40-23-5-3-19(4-6-23)14-32-28/h3-6,11-13,20-21,26-27,31H,1-2,7-10,14-18H2,(H,32,35)(H,33,36)/t26-,27-/m0/s1. The van der Waals surface area contributed by atoms with Gasteiger partial charge in [-0.2, -0.15) is 0 Å². The molecule has 2 saturated heterocycles. The van der Waals surface area contributed by atoms with Gasteiger partial charge >= 0.3 is 0 Å². The molecule has 3 amide bonds. The number of nitrogens with zero attached hydrogens (tertiary/aromatic N) is 1. The highest BCUT2D eigenvalue weighted by Gasteiger charge is 2.40. The fourth-order valence-corrected chi connectivity index (χ4v) is 5.42. The van der Waals surface area contributed by atoms with Gasteiger partial charge in [0.05, 0.1) is 19.2 Å². The lowest BCUT2D eigenvalue weighted by Gasteiger charge is -2.26. The number of rotatable bonds is 4. The fourth-order valence-electron chi connectivity index (χ4n) is 5.42. The Morgan fingerprint density at radius 1 is 0.975 bits per heavy atom. The monoisotopic (exact) mass is 548 g/mol. The third-order valence-corrected chi connectivity index (χ3v) is 7.98. The van der Waals surface area contributed by atoms with Crippen LogP contribution in [0.1, 0.15) is 41.6 Å². The van der Waals surface area contributed by atoms with E-state index in [-0.39, 0.29) is 30.2 Å². The maximum Gasteiger partial charge on any atom is 0.258 e.